The molecular formula is C12H19N3O2. The molecule has 1 aliphatic heterocycles. The Morgan fingerprint density at radius 1 is 1.65 bits per heavy atom. The van der Waals surface area contributed by atoms with E-state index < -0.39 is 12.0 Å². The normalized spacial score (nSPS) is 24.8. The molecule has 5 nitrogen and oxygen atoms in total. The maximum atomic E-state index is 11.0. The summed E-state index contributed by atoms with van der Waals surface area (Å²) in [6, 6.07) is 1.69. The summed E-state index contributed by atoms with van der Waals surface area (Å²) >= 11 is 0. The maximum absolute atomic E-state index is 11.0. The Labute approximate surface area is 101 Å². The summed E-state index contributed by atoms with van der Waals surface area (Å²) in [5.74, 6) is -0.753. The van der Waals surface area contributed by atoms with Crippen molar-refractivity contribution in [2.24, 2.45) is 0 Å². The summed E-state index contributed by atoms with van der Waals surface area (Å²) in [6.07, 6.45) is 5.47. The third kappa shape index (κ3) is 2.66. The van der Waals surface area contributed by atoms with E-state index in [1.807, 2.05) is 10.7 Å². The highest BCUT2D eigenvalue weighted by atomic mass is 16.4. The van der Waals surface area contributed by atoms with Gasteiger partial charge < -0.3 is 5.11 Å². The Balaban J connectivity index is 2.10. The Morgan fingerprint density at radius 3 is 3.18 bits per heavy atom. The van der Waals surface area contributed by atoms with E-state index in [4.69, 9.17) is 5.11 Å². The monoisotopic (exact) mass is 237 g/mol. The van der Waals surface area contributed by atoms with Crippen molar-refractivity contribution < 1.29 is 9.90 Å². The number of aliphatic carboxylic acids is 1. The minimum absolute atomic E-state index is 0.124. The summed E-state index contributed by atoms with van der Waals surface area (Å²) in [4.78, 5) is 11.0. The minimum Gasteiger partial charge on any atom is -0.480 e. The lowest BCUT2D eigenvalue weighted by atomic mass is 9.96. The summed E-state index contributed by atoms with van der Waals surface area (Å²) in [6.45, 7) is 3.00. The first-order chi connectivity index (χ1) is 8.22. The second-order valence-corrected chi connectivity index (χ2v) is 4.52. The average molecular weight is 237 g/mol. The third-order valence-corrected chi connectivity index (χ3v) is 3.23. The number of nitrogens with zero attached hydrogens (tertiary/aromatic N) is 2. The zero-order chi connectivity index (χ0) is 12.3. The molecule has 1 saturated heterocycles. The molecule has 1 aromatic rings. The maximum Gasteiger partial charge on any atom is 0.320 e. The van der Waals surface area contributed by atoms with E-state index >= 15 is 0 Å². The van der Waals surface area contributed by atoms with E-state index in [1.54, 1.807) is 6.20 Å². The smallest absolute Gasteiger partial charge is 0.320 e. The van der Waals surface area contributed by atoms with Crippen molar-refractivity contribution in [1.29, 1.82) is 0 Å². The Hall–Kier alpha value is -1.36. The minimum atomic E-state index is -0.753. The average Bonchev–Trinajstić information content (AvgIpc) is 2.78. The quantitative estimate of drug-likeness (QED) is 0.834. The SMILES string of the molecule is CCCn1nccc1C1CCCC(C(=O)O)N1. The van der Waals surface area contributed by atoms with Crippen LogP contribution in [-0.4, -0.2) is 26.9 Å². The van der Waals surface area contributed by atoms with Crippen LogP contribution in [0, 0.1) is 0 Å². The van der Waals surface area contributed by atoms with Gasteiger partial charge in [-0.15, -0.1) is 0 Å². The molecule has 0 amide bonds. The first kappa shape index (κ1) is 12.1. The van der Waals surface area contributed by atoms with Crippen LogP contribution < -0.4 is 5.32 Å². The van der Waals surface area contributed by atoms with Gasteiger partial charge in [0, 0.05) is 18.8 Å². The molecule has 0 aromatic carbocycles. The van der Waals surface area contributed by atoms with E-state index in [9.17, 15) is 4.79 Å². The van der Waals surface area contributed by atoms with Gasteiger partial charge in [-0.2, -0.15) is 5.10 Å². The topological polar surface area (TPSA) is 67.2 Å². The zero-order valence-electron chi connectivity index (χ0n) is 10.1. The fourth-order valence-corrected chi connectivity index (χ4v) is 2.40. The van der Waals surface area contributed by atoms with E-state index in [1.165, 1.54) is 0 Å². The van der Waals surface area contributed by atoms with Crippen molar-refractivity contribution in [1.82, 2.24) is 15.1 Å². The number of carboxylic acid groups (broad SMARTS) is 1. The molecule has 1 fully saturated rings. The lowest BCUT2D eigenvalue weighted by Crippen LogP contribution is -2.43. The van der Waals surface area contributed by atoms with E-state index in [0.29, 0.717) is 6.42 Å². The van der Waals surface area contributed by atoms with Crippen LogP contribution in [0.4, 0.5) is 0 Å². The van der Waals surface area contributed by atoms with E-state index in [-0.39, 0.29) is 6.04 Å². The first-order valence-electron chi connectivity index (χ1n) is 6.23. The molecule has 17 heavy (non-hydrogen) atoms. The summed E-state index contributed by atoms with van der Waals surface area (Å²) in [7, 11) is 0. The number of nitrogens with one attached hydrogen (secondary N) is 1. The van der Waals surface area contributed by atoms with Crippen molar-refractivity contribution in [3.63, 3.8) is 0 Å². The van der Waals surface area contributed by atoms with Crippen molar-refractivity contribution in [2.75, 3.05) is 0 Å². The van der Waals surface area contributed by atoms with Crippen LogP contribution in [0.5, 0.6) is 0 Å². The molecule has 94 valence electrons. The Kier molecular flexibility index (Phi) is 3.78. The third-order valence-electron chi connectivity index (χ3n) is 3.23. The largest absolute Gasteiger partial charge is 0.480 e. The number of hydrogen-bond donors (Lipinski definition) is 2. The van der Waals surface area contributed by atoms with Crippen LogP contribution in [0.25, 0.3) is 0 Å². The van der Waals surface area contributed by atoms with Crippen LogP contribution in [0.1, 0.15) is 44.3 Å². The molecule has 2 heterocycles. The number of aromatic nitrogens is 2. The number of rotatable bonds is 4. The zero-order valence-corrected chi connectivity index (χ0v) is 10.1. The predicted molar refractivity (Wildman–Crippen MR) is 63.7 cm³/mol. The van der Waals surface area contributed by atoms with Crippen LogP contribution >= 0.6 is 0 Å². The molecule has 1 aliphatic rings. The highest BCUT2D eigenvalue weighted by Crippen LogP contribution is 2.25. The molecule has 0 aliphatic carbocycles. The van der Waals surface area contributed by atoms with Crippen LogP contribution in [-0.2, 0) is 11.3 Å². The van der Waals surface area contributed by atoms with Gasteiger partial charge in [0.15, 0.2) is 0 Å². The standard InChI is InChI=1S/C12H19N3O2/c1-2-8-15-11(6-7-13-15)9-4-3-5-10(14-9)12(16)17/h6-7,9-10,14H,2-5,8H2,1H3,(H,16,17). The molecule has 0 radical (unpaired) electrons. The van der Waals surface area contributed by atoms with Crippen molar-refractivity contribution in [3.8, 4) is 0 Å². The summed E-state index contributed by atoms with van der Waals surface area (Å²) < 4.78 is 1.97. The number of carbonyl (C=O) groups is 1. The van der Waals surface area contributed by atoms with Gasteiger partial charge in [0.2, 0.25) is 0 Å². The fourth-order valence-electron chi connectivity index (χ4n) is 2.40. The molecule has 2 rings (SSSR count). The molecule has 0 saturated carbocycles. The van der Waals surface area contributed by atoms with Gasteiger partial charge in [-0.25, -0.2) is 0 Å². The fraction of sp³-hybridized carbons (Fsp3) is 0.667. The van der Waals surface area contributed by atoms with Crippen molar-refractivity contribution in [2.45, 2.75) is 51.2 Å². The molecule has 2 atom stereocenters. The van der Waals surface area contributed by atoms with Crippen LogP contribution in [0.2, 0.25) is 0 Å². The van der Waals surface area contributed by atoms with Gasteiger partial charge in [0.1, 0.15) is 6.04 Å². The highest BCUT2D eigenvalue weighted by molar-refractivity contribution is 5.73. The van der Waals surface area contributed by atoms with Gasteiger partial charge in [0.25, 0.3) is 0 Å². The van der Waals surface area contributed by atoms with Crippen LogP contribution in [0.15, 0.2) is 12.3 Å². The van der Waals surface area contributed by atoms with Gasteiger partial charge in [0.05, 0.1) is 5.69 Å². The van der Waals surface area contributed by atoms with Gasteiger partial charge >= 0.3 is 5.97 Å². The molecule has 1 aromatic heterocycles. The Morgan fingerprint density at radius 2 is 2.47 bits per heavy atom. The first-order valence-corrected chi connectivity index (χ1v) is 6.23. The van der Waals surface area contributed by atoms with E-state index in [2.05, 4.69) is 17.3 Å². The van der Waals surface area contributed by atoms with E-state index in [0.717, 1.165) is 31.5 Å². The highest BCUT2D eigenvalue weighted by Gasteiger charge is 2.28. The molecule has 0 spiro atoms. The molecular weight excluding hydrogens is 218 g/mol. The number of hydrogen-bond acceptors (Lipinski definition) is 3. The number of aryl methyl sites for hydroxylation is 1. The molecule has 2 unspecified atom stereocenters. The van der Waals surface area contributed by atoms with Crippen LogP contribution in [0.3, 0.4) is 0 Å². The van der Waals surface area contributed by atoms with Gasteiger partial charge in [-0.3, -0.25) is 14.8 Å². The second kappa shape index (κ2) is 5.31. The molecule has 0 bridgehead atoms. The lowest BCUT2D eigenvalue weighted by Gasteiger charge is -2.29. The molecule has 2 N–H and O–H groups in total. The van der Waals surface area contributed by atoms with Crippen molar-refractivity contribution >= 4 is 5.97 Å². The predicted octanol–water partition coefficient (Wildman–Crippen LogP) is 1.56. The van der Waals surface area contributed by atoms with Gasteiger partial charge in [-0.05, 0) is 31.7 Å². The second-order valence-electron chi connectivity index (χ2n) is 4.52. The Bertz CT molecular complexity index is 389. The molecule has 5 heteroatoms. The van der Waals surface area contributed by atoms with Gasteiger partial charge in [-0.1, -0.05) is 6.92 Å². The lowest BCUT2D eigenvalue weighted by molar-refractivity contribution is -0.140. The summed E-state index contributed by atoms with van der Waals surface area (Å²) in [5, 5.41) is 16.5. The number of carboxylic acids is 1. The number of piperidine rings is 1. The van der Waals surface area contributed by atoms with Crippen molar-refractivity contribution in [3.05, 3.63) is 18.0 Å². The summed E-state index contributed by atoms with van der Waals surface area (Å²) in [5.41, 5.74) is 1.11.